The van der Waals surface area contributed by atoms with E-state index in [4.69, 9.17) is 17.3 Å². The summed E-state index contributed by atoms with van der Waals surface area (Å²) >= 11 is 6.12. The van der Waals surface area contributed by atoms with Crippen molar-refractivity contribution in [3.63, 3.8) is 0 Å². The number of aryl methyl sites for hydroxylation is 1. The topological polar surface area (TPSA) is 29.3 Å². The highest BCUT2D eigenvalue weighted by atomic mass is 35.5. The lowest BCUT2D eigenvalue weighted by molar-refractivity contribution is 0.279. The van der Waals surface area contributed by atoms with Crippen molar-refractivity contribution in [2.24, 2.45) is 5.73 Å². The number of nitrogens with zero attached hydrogens (tertiary/aromatic N) is 1. The first-order valence-corrected chi connectivity index (χ1v) is 6.04. The van der Waals surface area contributed by atoms with Crippen molar-refractivity contribution in [2.75, 3.05) is 20.6 Å². The largest absolute Gasteiger partial charge is 0.330 e. The van der Waals surface area contributed by atoms with Gasteiger partial charge < -0.3 is 10.6 Å². The Morgan fingerprint density at radius 3 is 2.56 bits per heavy atom. The zero-order valence-corrected chi connectivity index (χ0v) is 11.1. The van der Waals surface area contributed by atoms with Crippen molar-refractivity contribution >= 4 is 11.6 Å². The molecule has 90 valence electrons. The van der Waals surface area contributed by atoms with Gasteiger partial charge in [-0.05, 0) is 57.6 Å². The zero-order chi connectivity index (χ0) is 12.1. The van der Waals surface area contributed by atoms with E-state index in [9.17, 15) is 0 Å². The fourth-order valence-electron chi connectivity index (χ4n) is 1.77. The molecular formula is C13H21ClN2. The van der Waals surface area contributed by atoms with Gasteiger partial charge in [0.25, 0.3) is 0 Å². The summed E-state index contributed by atoms with van der Waals surface area (Å²) in [5, 5.41) is 0.850. The number of likely N-dealkylation sites (N-methyl/N-ethyl adjacent to an activating group) is 1. The number of hydrogen-bond acceptors (Lipinski definition) is 2. The summed E-state index contributed by atoms with van der Waals surface area (Å²) in [6, 6.07) is 6.77. The summed E-state index contributed by atoms with van der Waals surface area (Å²) in [7, 11) is 4.19. The van der Waals surface area contributed by atoms with Gasteiger partial charge in [0.05, 0.1) is 0 Å². The molecule has 0 spiro atoms. The average Bonchev–Trinajstić information content (AvgIpc) is 2.22. The molecule has 16 heavy (non-hydrogen) atoms. The van der Waals surface area contributed by atoms with Crippen molar-refractivity contribution in [1.29, 1.82) is 0 Å². The van der Waals surface area contributed by atoms with Gasteiger partial charge in [-0.3, -0.25) is 0 Å². The Morgan fingerprint density at radius 1 is 1.38 bits per heavy atom. The SMILES string of the molecule is Cc1ccc(CC(CCN)N(C)C)cc1Cl. The van der Waals surface area contributed by atoms with Crippen LogP contribution in [0.15, 0.2) is 18.2 Å². The molecule has 1 rings (SSSR count). The summed E-state index contributed by atoms with van der Waals surface area (Å²) in [6.45, 7) is 2.75. The smallest absolute Gasteiger partial charge is 0.0437 e. The zero-order valence-electron chi connectivity index (χ0n) is 10.3. The third kappa shape index (κ3) is 3.78. The molecule has 0 saturated carbocycles. The van der Waals surface area contributed by atoms with E-state index >= 15 is 0 Å². The van der Waals surface area contributed by atoms with Crippen LogP contribution < -0.4 is 5.73 Å². The Bertz CT molecular complexity index is 337. The molecule has 0 radical (unpaired) electrons. The van der Waals surface area contributed by atoms with E-state index in [1.165, 1.54) is 5.56 Å². The molecular weight excluding hydrogens is 220 g/mol. The number of rotatable bonds is 5. The molecule has 0 fully saturated rings. The number of hydrogen-bond donors (Lipinski definition) is 1. The molecule has 0 aliphatic carbocycles. The van der Waals surface area contributed by atoms with Gasteiger partial charge in [-0.2, -0.15) is 0 Å². The lowest BCUT2D eigenvalue weighted by Crippen LogP contribution is -2.32. The lowest BCUT2D eigenvalue weighted by atomic mass is 10.0. The standard InChI is InChI=1S/C13H21ClN2/c1-10-4-5-11(9-13(10)14)8-12(6-7-15)16(2)3/h4-5,9,12H,6-8,15H2,1-3H3. The Morgan fingerprint density at radius 2 is 2.06 bits per heavy atom. The van der Waals surface area contributed by atoms with Crippen LogP contribution in [-0.4, -0.2) is 31.6 Å². The van der Waals surface area contributed by atoms with Gasteiger partial charge in [0.1, 0.15) is 0 Å². The van der Waals surface area contributed by atoms with E-state index in [0.29, 0.717) is 6.04 Å². The van der Waals surface area contributed by atoms with Crippen LogP contribution in [0.2, 0.25) is 5.02 Å². The predicted molar refractivity (Wildman–Crippen MR) is 71.0 cm³/mol. The van der Waals surface area contributed by atoms with Crippen molar-refractivity contribution in [3.05, 3.63) is 34.3 Å². The quantitative estimate of drug-likeness (QED) is 0.857. The van der Waals surface area contributed by atoms with Crippen LogP contribution in [0.3, 0.4) is 0 Å². The van der Waals surface area contributed by atoms with Gasteiger partial charge >= 0.3 is 0 Å². The minimum atomic E-state index is 0.490. The Labute approximate surface area is 103 Å². The molecule has 0 aromatic heterocycles. The number of benzene rings is 1. The maximum atomic E-state index is 6.12. The van der Waals surface area contributed by atoms with E-state index < -0.39 is 0 Å². The van der Waals surface area contributed by atoms with Crippen molar-refractivity contribution in [3.8, 4) is 0 Å². The van der Waals surface area contributed by atoms with E-state index in [1.807, 2.05) is 6.92 Å². The second kappa shape index (κ2) is 6.24. The van der Waals surface area contributed by atoms with E-state index in [1.54, 1.807) is 0 Å². The van der Waals surface area contributed by atoms with Gasteiger partial charge in [-0.15, -0.1) is 0 Å². The first-order chi connectivity index (χ1) is 7.54. The number of nitrogens with two attached hydrogens (primary N) is 1. The van der Waals surface area contributed by atoms with Crippen molar-refractivity contribution in [2.45, 2.75) is 25.8 Å². The summed E-state index contributed by atoms with van der Waals surface area (Å²) < 4.78 is 0. The maximum Gasteiger partial charge on any atom is 0.0437 e. The highest BCUT2D eigenvalue weighted by molar-refractivity contribution is 6.31. The Balaban J connectivity index is 2.73. The molecule has 0 heterocycles. The van der Waals surface area contributed by atoms with Crippen LogP contribution in [0.5, 0.6) is 0 Å². The minimum absolute atomic E-state index is 0.490. The van der Waals surface area contributed by atoms with Gasteiger partial charge in [-0.25, -0.2) is 0 Å². The third-order valence-corrected chi connectivity index (χ3v) is 3.34. The third-order valence-electron chi connectivity index (χ3n) is 2.94. The van der Waals surface area contributed by atoms with E-state index in [-0.39, 0.29) is 0 Å². The van der Waals surface area contributed by atoms with Crippen LogP contribution in [0.25, 0.3) is 0 Å². The fourth-order valence-corrected chi connectivity index (χ4v) is 1.97. The van der Waals surface area contributed by atoms with Crippen LogP contribution in [0, 0.1) is 6.92 Å². The highest BCUT2D eigenvalue weighted by Gasteiger charge is 2.11. The van der Waals surface area contributed by atoms with E-state index in [0.717, 1.165) is 30.0 Å². The summed E-state index contributed by atoms with van der Waals surface area (Å²) in [4.78, 5) is 2.22. The highest BCUT2D eigenvalue weighted by Crippen LogP contribution is 2.19. The second-order valence-corrected chi connectivity index (χ2v) is 4.89. The van der Waals surface area contributed by atoms with Crippen LogP contribution in [-0.2, 0) is 6.42 Å². The van der Waals surface area contributed by atoms with Gasteiger partial charge in [0.15, 0.2) is 0 Å². The maximum absolute atomic E-state index is 6.12. The Hall–Kier alpha value is -0.570. The molecule has 0 bridgehead atoms. The van der Waals surface area contributed by atoms with Crippen molar-refractivity contribution in [1.82, 2.24) is 4.90 Å². The van der Waals surface area contributed by atoms with Gasteiger partial charge in [0, 0.05) is 11.1 Å². The van der Waals surface area contributed by atoms with Crippen LogP contribution in [0.4, 0.5) is 0 Å². The van der Waals surface area contributed by atoms with Crippen molar-refractivity contribution < 1.29 is 0 Å². The Kier molecular flexibility index (Phi) is 5.26. The molecule has 0 aliphatic rings. The average molecular weight is 241 g/mol. The molecule has 0 amide bonds. The second-order valence-electron chi connectivity index (χ2n) is 4.48. The lowest BCUT2D eigenvalue weighted by Gasteiger charge is -2.24. The van der Waals surface area contributed by atoms with E-state index in [2.05, 4.69) is 37.2 Å². The summed E-state index contributed by atoms with van der Waals surface area (Å²) in [6.07, 6.45) is 2.02. The molecule has 3 heteroatoms. The first kappa shape index (κ1) is 13.5. The normalized spacial score (nSPS) is 13.1. The van der Waals surface area contributed by atoms with Gasteiger partial charge in [-0.1, -0.05) is 23.7 Å². The molecule has 1 aromatic carbocycles. The first-order valence-electron chi connectivity index (χ1n) is 5.66. The molecule has 0 saturated heterocycles. The fraction of sp³-hybridized carbons (Fsp3) is 0.538. The summed E-state index contributed by atoms with van der Waals surface area (Å²) in [5.41, 5.74) is 8.03. The molecule has 0 aliphatic heterocycles. The molecule has 2 N–H and O–H groups in total. The predicted octanol–water partition coefficient (Wildman–Crippen LogP) is 2.47. The monoisotopic (exact) mass is 240 g/mol. The minimum Gasteiger partial charge on any atom is -0.330 e. The summed E-state index contributed by atoms with van der Waals surface area (Å²) in [5.74, 6) is 0. The van der Waals surface area contributed by atoms with Crippen LogP contribution in [0.1, 0.15) is 17.5 Å². The number of halogens is 1. The molecule has 1 atom stereocenters. The van der Waals surface area contributed by atoms with Gasteiger partial charge in [0.2, 0.25) is 0 Å². The van der Waals surface area contributed by atoms with Crippen LogP contribution >= 0.6 is 11.6 Å². The molecule has 2 nitrogen and oxygen atoms in total. The molecule has 1 aromatic rings. The molecule has 1 unspecified atom stereocenters.